The van der Waals surface area contributed by atoms with Crippen LogP contribution in [0.3, 0.4) is 0 Å². The van der Waals surface area contributed by atoms with Crippen LogP contribution in [0.2, 0.25) is 0 Å². The number of esters is 1. The maximum atomic E-state index is 13.4. The number of rotatable bonds is 0. The topological polar surface area (TPSA) is 43.4 Å². The first kappa shape index (κ1) is 48.0. The third kappa shape index (κ3) is 11.7. The Morgan fingerprint density at radius 2 is 0.955 bits per heavy atom. The van der Waals surface area contributed by atoms with Crippen molar-refractivity contribution < 1.29 is 14.3 Å². The SMILES string of the molecule is C=C=C=C=C=C=C=C=C=C=C=C=C=C=C=C1CC(=C=C=C=C=C=C=C=C=C=C=C=C=C=C)C2C3C(=C=C=C=C=C=C)CC(=C=C=C=C=C)C4=CC(=O)CCC4(C)C3CCC2(C)C12CCC(=O)O2. The quantitative estimate of drug-likeness (QED) is 0.180. The number of ether oxygens (including phenoxy) is 1. The lowest BCUT2D eigenvalue weighted by molar-refractivity contribution is -0.171. The molecule has 1 saturated heterocycles. The lowest BCUT2D eigenvalue weighted by Crippen LogP contribution is -2.61. The molecule has 0 aromatic carbocycles. The number of carbonyl (C=O) groups excluding carboxylic acids is 2. The van der Waals surface area contributed by atoms with E-state index in [-0.39, 0.29) is 42.3 Å². The van der Waals surface area contributed by atoms with Gasteiger partial charge < -0.3 is 4.74 Å². The van der Waals surface area contributed by atoms with Crippen molar-refractivity contribution in [2.45, 2.75) is 70.8 Å². The Balaban J connectivity index is 1.96. The van der Waals surface area contributed by atoms with Crippen molar-refractivity contribution in [2.75, 3.05) is 0 Å². The molecule has 0 aromatic heterocycles. The average molecular weight is 851 g/mol. The summed E-state index contributed by atoms with van der Waals surface area (Å²) in [6.45, 7) is 18.4. The van der Waals surface area contributed by atoms with Crippen molar-refractivity contribution in [2.24, 2.45) is 28.6 Å². The van der Waals surface area contributed by atoms with Gasteiger partial charge in [0, 0.05) is 54.6 Å². The van der Waals surface area contributed by atoms with Crippen molar-refractivity contribution in [1.29, 1.82) is 0 Å². The molecule has 4 fully saturated rings. The highest BCUT2D eigenvalue weighted by Gasteiger charge is 2.68. The van der Waals surface area contributed by atoms with Crippen LogP contribution in [-0.4, -0.2) is 17.4 Å². The second-order valence-electron chi connectivity index (χ2n) is 15.4. The highest BCUT2D eigenvalue weighted by molar-refractivity contribution is 5.92. The molecule has 3 saturated carbocycles. The van der Waals surface area contributed by atoms with Crippen LogP contribution >= 0.6 is 0 Å². The van der Waals surface area contributed by atoms with Gasteiger partial charge in [0.05, 0.1) is 0 Å². The molecule has 5 aliphatic rings. The van der Waals surface area contributed by atoms with Gasteiger partial charge in [-0.2, -0.15) is 0 Å². The van der Waals surface area contributed by atoms with Crippen molar-refractivity contribution in [3.05, 3.63) is 267 Å². The van der Waals surface area contributed by atoms with Crippen molar-refractivity contribution >= 4 is 11.8 Å². The lowest BCUT2D eigenvalue weighted by atomic mass is 9.42. The van der Waals surface area contributed by atoms with Gasteiger partial charge in [0.15, 0.2) is 5.78 Å². The van der Waals surface area contributed by atoms with Crippen LogP contribution in [0.25, 0.3) is 0 Å². The molecular weight excluding hydrogens is 817 g/mol. The van der Waals surface area contributed by atoms with Gasteiger partial charge in [-0.05, 0) is 246 Å². The maximum absolute atomic E-state index is 13.4. The molecule has 4 aliphatic carbocycles. The summed E-state index contributed by atoms with van der Waals surface area (Å²) in [4.78, 5) is 26.6. The fourth-order valence-corrected chi connectivity index (χ4v) is 9.49. The zero-order chi connectivity index (χ0) is 47.8. The van der Waals surface area contributed by atoms with Gasteiger partial charge >= 0.3 is 5.97 Å². The van der Waals surface area contributed by atoms with Crippen LogP contribution in [0.4, 0.5) is 0 Å². The summed E-state index contributed by atoms with van der Waals surface area (Å²) >= 11 is 0. The van der Waals surface area contributed by atoms with Crippen molar-refractivity contribution in [3.63, 3.8) is 0 Å². The third-order valence-electron chi connectivity index (χ3n) is 12.0. The van der Waals surface area contributed by atoms with Crippen LogP contribution in [0.15, 0.2) is 267 Å². The predicted molar refractivity (Wildman–Crippen MR) is 249 cm³/mol. The monoisotopic (exact) mass is 850 g/mol. The standard InChI is InChI=1S/C64H34O3/c1-7-11-15-18-20-22-24-26-28-30-32-34-38-42-55-50-54(41-37-33-31-29-27-25-23-21-19-16-12-8-2)61-60-53(40-36-17-13-9-3)49-52(39-35-14-10-4)58-51-56(65)43-46-62(58,5)57(60)44-47-63(61,6)64(55)48-45-59(66)67-64/h51,57,60-61H,1-4,43-50H2,5-6H3. The zero-order valence-corrected chi connectivity index (χ0v) is 37.0. The Morgan fingerprint density at radius 3 is 1.46 bits per heavy atom. The minimum atomic E-state index is -1.08. The number of fused-ring (bicyclic) bond motifs is 6. The van der Waals surface area contributed by atoms with E-state index in [2.05, 4.69) is 246 Å². The molecule has 67 heavy (non-hydrogen) atoms. The average Bonchev–Trinajstić information content (AvgIpc) is 3.69. The molecule has 308 valence electrons. The number of hydrogen-bond acceptors (Lipinski definition) is 3. The number of hydrogen-bond donors (Lipinski definition) is 0. The molecule has 5 rings (SSSR count). The molecule has 1 spiro atoms. The summed E-state index contributed by atoms with van der Waals surface area (Å²) in [6, 6.07) is 0. The molecule has 3 nitrogen and oxygen atoms in total. The largest absolute Gasteiger partial charge is 0.453 e. The van der Waals surface area contributed by atoms with Crippen LogP contribution in [0, 0.1) is 28.6 Å². The van der Waals surface area contributed by atoms with Crippen LogP contribution in [0.1, 0.15) is 65.2 Å². The summed E-state index contributed by atoms with van der Waals surface area (Å²) in [5.74, 6) is -0.848. The summed E-state index contributed by atoms with van der Waals surface area (Å²) in [7, 11) is 0. The van der Waals surface area contributed by atoms with Crippen LogP contribution in [-0.2, 0) is 14.3 Å². The lowest BCUT2D eigenvalue weighted by Gasteiger charge is -2.62. The van der Waals surface area contributed by atoms with Crippen LogP contribution in [0.5, 0.6) is 0 Å². The van der Waals surface area contributed by atoms with Gasteiger partial charge in [-0.3, -0.25) is 9.59 Å². The van der Waals surface area contributed by atoms with E-state index in [9.17, 15) is 9.59 Å². The Labute approximate surface area is 390 Å². The van der Waals surface area contributed by atoms with Crippen LogP contribution < -0.4 is 0 Å². The molecule has 0 bridgehead atoms. The molecule has 0 radical (unpaired) electrons. The highest BCUT2D eigenvalue weighted by Crippen LogP contribution is 2.70. The van der Waals surface area contributed by atoms with E-state index >= 15 is 0 Å². The maximum Gasteiger partial charge on any atom is 0.306 e. The second kappa shape index (κ2) is 23.9. The molecular formula is C64H34O3. The first-order chi connectivity index (χ1) is 32.7. The molecule has 3 heteroatoms. The molecule has 1 aliphatic heterocycles. The summed E-state index contributed by atoms with van der Waals surface area (Å²) in [5, 5.41) is 0. The van der Waals surface area contributed by atoms with E-state index in [0.717, 1.165) is 28.7 Å². The molecule has 0 aromatic rings. The van der Waals surface area contributed by atoms with E-state index < -0.39 is 16.4 Å². The normalized spacial score (nSPS) is 23.0. The Kier molecular flexibility index (Phi) is 17.1. The van der Waals surface area contributed by atoms with Gasteiger partial charge in [-0.25, -0.2) is 0 Å². The molecule has 1 heterocycles. The second-order valence-corrected chi connectivity index (χ2v) is 15.4. The first-order valence-corrected chi connectivity index (χ1v) is 20.7. The van der Waals surface area contributed by atoms with E-state index in [0.29, 0.717) is 37.7 Å². The fourth-order valence-electron chi connectivity index (χ4n) is 9.49. The van der Waals surface area contributed by atoms with Gasteiger partial charge in [0.25, 0.3) is 0 Å². The van der Waals surface area contributed by atoms with Gasteiger partial charge in [0.2, 0.25) is 0 Å². The molecule has 0 N–H and O–H groups in total. The molecule has 6 unspecified atom stereocenters. The Hall–Kier alpha value is -10.1. The van der Waals surface area contributed by atoms with Gasteiger partial charge in [-0.1, -0.05) is 59.7 Å². The number of ketones is 1. The summed E-state index contributed by atoms with van der Waals surface area (Å²) in [5.41, 5.74) is 101. The highest BCUT2D eigenvalue weighted by atomic mass is 16.6. The minimum absolute atomic E-state index is 0.0242. The number of allylic oxidation sites excluding steroid dienone is 5. The summed E-state index contributed by atoms with van der Waals surface area (Å²) in [6.07, 6.45) is 5.39. The Bertz CT molecular complexity index is 3870. The fraction of sp³-hybridized carbons (Fsp3) is 0.250. The summed E-state index contributed by atoms with van der Waals surface area (Å²) < 4.78 is 6.56. The van der Waals surface area contributed by atoms with Crippen molar-refractivity contribution in [3.8, 4) is 0 Å². The van der Waals surface area contributed by atoms with Crippen molar-refractivity contribution in [1.82, 2.24) is 0 Å². The van der Waals surface area contributed by atoms with E-state index in [4.69, 9.17) is 4.74 Å². The smallest absolute Gasteiger partial charge is 0.306 e. The zero-order valence-electron chi connectivity index (χ0n) is 37.0. The van der Waals surface area contributed by atoms with E-state index in [1.165, 1.54) is 0 Å². The predicted octanol–water partition coefficient (Wildman–Crippen LogP) is 11.6. The van der Waals surface area contributed by atoms with E-state index in [1.807, 2.05) is 0 Å². The molecule has 6 atom stereocenters. The molecule has 0 amide bonds. The van der Waals surface area contributed by atoms with Gasteiger partial charge in [-0.15, -0.1) is 0 Å². The Morgan fingerprint density at radius 1 is 0.507 bits per heavy atom. The first-order valence-electron chi connectivity index (χ1n) is 20.7. The van der Waals surface area contributed by atoms with Gasteiger partial charge in [0.1, 0.15) is 5.60 Å². The minimum Gasteiger partial charge on any atom is -0.453 e. The van der Waals surface area contributed by atoms with E-state index in [1.54, 1.807) is 6.08 Å². The number of carbonyl (C=O) groups is 2. The third-order valence-corrected chi connectivity index (χ3v) is 12.0.